The van der Waals surface area contributed by atoms with Crippen molar-refractivity contribution in [3.63, 3.8) is 0 Å². The standard InChI is InChI=1S/C23H28N2O2S/c26-28(27,21-11-5-2-6-12-21)24-22-13-7-8-14-23(22)25-17-15-20(16-18-25)19-9-3-1-4-10-19/h1-6,9-12,15,22-24H,7-8,13-14,16-18H2/t22-,23+/m1/s1. The van der Waals surface area contributed by atoms with E-state index in [-0.39, 0.29) is 12.1 Å². The van der Waals surface area contributed by atoms with Gasteiger partial charge in [-0.3, -0.25) is 4.90 Å². The molecule has 0 aromatic heterocycles. The molecule has 28 heavy (non-hydrogen) atoms. The number of benzene rings is 2. The van der Waals surface area contributed by atoms with Crippen LogP contribution in [0, 0.1) is 0 Å². The Morgan fingerprint density at radius 1 is 0.893 bits per heavy atom. The summed E-state index contributed by atoms with van der Waals surface area (Å²) >= 11 is 0. The van der Waals surface area contributed by atoms with Crippen LogP contribution in [0.2, 0.25) is 0 Å². The van der Waals surface area contributed by atoms with Crippen molar-refractivity contribution in [1.29, 1.82) is 0 Å². The van der Waals surface area contributed by atoms with E-state index in [1.54, 1.807) is 24.3 Å². The summed E-state index contributed by atoms with van der Waals surface area (Å²) in [6, 6.07) is 19.5. The fourth-order valence-corrected chi connectivity index (χ4v) is 5.78. The van der Waals surface area contributed by atoms with Crippen molar-refractivity contribution in [1.82, 2.24) is 9.62 Å². The highest BCUT2D eigenvalue weighted by atomic mass is 32.2. The lowest BCUT2D eigenvalue weighted by molar-refractivity contribution is 0.144. The summed E-state index contributed by atoms with van der Waals surface area (Å²) < 4.78 is 28.7. The summed E-state index contributed by atoms with van der Waals surface area (Å²) in [6.07, 6.45) is 7.53. The van der Waals surface area contributed by atoms with Gasteiger partial charge in [0.15, 0.2) is 0 Å². The van der Waals surface area contributed by atoms with Gasteiger partial charge in [0.1, 0.15) is 0 Å². The fourth-order valence-electron chi connectivity index (χ4n) is 4.45. The number of nitrogens with zero attached hydrogens (tertiary/aromatic N) is 1. The van der Waals surface area contributed by atoms with E-state index in [4.69, 9.17) is 0 Å². The van der Waals surface area contributed by atoms with Gasteiger partial charge in [-0.25, -0.2) is 13.1 Å². The number of rotatable bonds is 5. The van der Waals surface area contributed by atoms with Gasteiger partial charge in [0, 0.05) is 25.2 Å². The molecule has 0 spiro atoms. The van der Waals surface area contributed by atoms with Gasteiger partial charge < -0.3 is 0 Å². The summed E-state index contributed by atoms with van der Waals surface area (Å²) in [5.74, 6) is 0. The van der Waals surface area contributed by atoms with Gasteiger partial charge >= 0.3 is 0 Å². The minimum absolute atomic E-state index is 0.0226. The lowest BCUT2D eigenvalue weighted by Gasteiger charge is -2.41. The van der Waals surface area contributed by atoms with Crippen molar-refractivity contribution in [2.24, 2.45) is 0 Å². The highest BCUT2D eigenvalue weighted by Gasteiger charge is 2.33. The van der Waals surface area contributed by atoms with Crippen molar-refractivity contribution >= 4 is 15.6 Å². The molecule has 1 heterocycles. The van der Waals surface area contributed by atoms with Crippen molar-refractivity contribution in [3.05, 3.63) is 72.3 Å². The van der Waals surface area contributed by atoms with E-state index < -0.39 is 10.0 Å². The molecule has 0 amide bonds. The molecular weight excluding hydrogens is 368 g/mol. The van der Waals surface area contributed by atoms with Crippen LogP contribution >= 0.6 is 0 Å². The number of hydrogen-bond acceptors (Lipinski definition) is 3. The maximum Gasteiger partial charge on any atom is 0.240 e. The smallest absolute Gasteiger partial charge is 0.240 e. The summed E-state index contributed by atoms with van der Waals surface area (Å²) in [4.78, 5) is 2.81. The second-order valence-corrected chi connectivity index (χ2v) is 9.45. The van der Waals surface area contributed by atoms with E-state index in [1.165, 1.54) is 17.6 Å². The van der Waals surface area contributed by atoms with Gasteiger partial charge in [-0.2, -0.15) is 0 Å². The van der Waals surface area contributed by atoms with Crippen molar-refractivity contribution in [2.45, 2.75) is 49.1 Å². The van der Waals surface area contributed by atoms with Gasteiger partial charge in [0.05, 0.1) is 4.90 Å². The average molecular weight is 397 g/mol. The predicted molar refractivity (Wildman–Crippen MR) is 113 cm³/mol. The van der Waals surface area contributed by atoms with Crippen LogP contribution in [0.15, 0.2) is 71.6 Å². The Labute approximate surface area is 168 Å². The molecule has 4 rings (SSSR count). The molecule has 148 valence electrons. The summed E-state index contributed by atoms with van der Waals surface area (Å²) in [5.41, 5.74) is 2.70. The van der Waals surface area contributed by atoms with Crippen molar-refractivity contribution < 1.29 is 8.42 Å². The van der Waals surface area contributed by atoms with Crippen LogP contribution in [0.25, 0.3) is 5.57 Å². The van der Waals surface area contributed by atoms with E-state index in [0.717, 1.165) is 38.8 Å². The van der Waals surface area contributed by atoms with Gasteiger partial charge in [-0.1, -0.05) is 67.4 Å². The second-order valence-electron chi connectivity index (χ2n) is 7.73. The maximum atomic E-state index is 12.8. The number of nitrogens with one attached hydrogen (secondary N) is 1. The molecule has 0 bridgehead atoms. The molecule has 1 saturated carbocycles. The fraction of sp³-hybridized carbons (Fsp3) is 0.391. The molecule has 2 aromatic carbocycles. The van der Waals surface area contributed by atoms with Gasteiger partial charge in [0.25, 0.3) is 0 Å². The third kappa shape index (κ3) is 4.37. The molecule has 1 N–H and O–H groups in total. The lowest BCUT2D eigenvalue weighted by atomic mass is 9.88. The first-order valence-electron chi connectivity index (χ1n) is 10.2. The van der Waals surface area contributed by atoms with Crippen LogP contribution in [0.1, 0.15) is 37.7 Å². The second kappa shape index (κ2) is 8.60. The monoisotopic (exact) mass is 396 g/mol. The zero-order chi connectivity index (χ0) is 19.4. The molecule has 0 saturated heterocycles. The largest absolute Gasteiger partial charge is 0.295 e. The highest BCUT2D eigenvalue weighted by molar-refractivity contribution is 7.89. The summed E-state index contributed by atoms with van der Waals surface area (Å²) in [7, 11) is -3.48. The maximum absolute atomic E-state index is 12.8. The first kappa shape index (κ1) is 19.4. The zero-order valence-electron chi connectivity index (χ0n) is 16.1. The van der Waals surface area contributed by atoms with E-state index in [0.29, 0.717) is 4.90 Å². The molecule has 2 aromatic rings. The SMILES string of the molecule is O=S(=O)(N[C@@H]1CCCC[C@@H]1N1CC=C(c2ccccc2)CC1)c1ccccc1. The Hall–Kier alpha value is -1.95. The number of sulfonamides is 1. The molecule has 1 aliphatic heterocycles. The summed E-state index contributed by atoms with van der Waals surface area (Å²) in [6.45, 7) is 1.87. The summed E-state index contributed by atoms with van der Waals surface area (Å²) in [5, 5.41) is 0. The minimum atomic E-state index is -3.48. The molecule has 5 heteroatoms. The Bertz CT molecular complexity index is 910. The predicted octanol–water partition coefficient (Wildman–Crippen LogP) is 4.07. The molecule has 1 fully saturated rings. The molecular formula is C23H28N2O2S. The average Bonchev–Trinajstić information content (AvgIpc) is 2.75. The van der Waals surface area contributed by atoms with Crippen LogP contribution in [0.5, 0.6) is 0 Å². The van der Waals surface area contributed by atoms with E-state index >= 15 is 0 Å². The number of hydrogen-bond donors (Lipinski definition) is 1. The third-order valence-electron chi connectivity index (χ3n) is 5.94. The zero-order valence-corrected chi connectivity index (χ0v) is 16.9. The Balaban J connectivity index is 1.47. The van der Waals surface area contributed by atoms with Gasteiger partial charge in [0.2, 0.25) is 10.0 Å². The van der Waals surface area contributed by atoms with Gasteiger partial charge in [-0.15, -0.1) is 0 Å². The molecule has 0 unspecified atom stereocenters. The normalized spacial score (nSPS) is 23.9. The van der Waals surface area contributed by atoms with Crippen molar-refractivity contribution in [3.8, 4) is 0 Å². The van der Waals surface area contributed by atoms with E-state index in [9.17, 15) is 8.42 Å². The van der Waals surface area contributed by atoms with E-state index in [1.807, 2.05) is 12.1 Å². The van der Waals surface area contributed by atoms with Crippen LogP contribution in [-0.4, -0.2) is 38.5 Å². The third-order valence-corrected chi connectivity index (χ3v) is 7.45. The van der Waals surface area contributed by atoms with Crippen LogP contribution in [0.3, 0.4) is 0 Å². The van der Waals surface area contributed by atoms with Crippen LogP contribution < -0.4 is 4.72 Å². The first-order chi connectivity index (χ1) is 13.6. The molecule has 2 aliphatic rings. The highest BCUT2D eigenvalue weighted by Crippen LogP contribution is 2.29. The van der Waals surface area contributed by atoms with E-state index in [2.05, 4.69) is 40.0 Å². The van der Waals surface area contributed by atoms with Gasteiger partial charge in [-0.05, 0) is 42.5 Å². The topological polar surface area (TPSA) is 49.4 Å². The minimum Gasteiger partial charge on any atom is -0.295 e. The van der Waals surface area contributed by atoms with Crippen molar-refractivity contribution in [2.75, 3.05) is 13.1 Å². The molecule has 0 radical (unpaired) electrons. The Morgan fingerprint density at radius 3 is 2.25 bits per heavy atom. The molecule has 2 atom stereocenters. The quantitative estimate of drug-likeness (QED) is 0.829. The molecule has 1 aliphatic carbocycles. The van der Waals surface area contributed by atoms with Crippen LogP contribution in [-0.2, 0) is 10.0 Å². The lowest BCUT2D eigenvalue weighted by Crippen LogP contribution is -2.54. The Morgan fingerprint density at radius 2 is 1.57 bits per heavy atom. The van der Waals surface area contributed by atoms with Crippen LogP contribution in [0.4, 0.5) is 0 Å². The Kier molecular flexibility index (Phi) is 5.95. The first-order valence-corrected chi connectivity index (χ1v) is 11.7. The molecule has 4 nitrogen and oxygen atoms in total.